The summed E-state index contributed by atoms with van der Waals surface area (Å²) in [5.74, 6) is -0.424. The minimum Gasteiger partial charge on any atom is -0.267 e. The third-order valence-corrected chi connectivity index (χ3v) is 3.21. The monoisotopic (exact) mass is 293 g/mol. The lowest BCUT2D eigenvalue weighted by Gasteiger charge is -2.11. The van der Waals surface area contributed by atoms with E-state index in [2.05, 4.69) is 5.43 Å². The van der Waals surface area contributed by atoms with Crippen molar-refractivity contribution in [3.05, 3.63) is 62.4 Å². The van der Waals surface area contributed by atoms with Gasteiger partial charge in [-0.25, -0.2) is 0 Å². The average Bonchev–Trinajstić information content (AvgIpc) is 2.70. The van der Waals surface area contributed by atoms with E-state index < -0.39 is 10.8 Å². The number of rotatable bonds is 3. The van der Waals surface area contributed by atoms with Gasteiger partial charge in [-0.05, 0) is 32.0 Å². The molecule has 1 amide bonds. The highest BCUT2D eigenvalue weighted by Crippen LogP contribution is 2.22. The molecule has 1 heterocycles. The van der Waals surface area contributed by atoms with Crippen molar-refractivity contribution in [3.8, 4) is 0 Å². The van der Waals surface area contributed by atoms with Crippen LogP contribution in [0.5, 0.6) is 0 Å². The normalized spacial score (nSPS) is 10.3. The maximum absolute atomic E-state index is 12.1. The van der Waals surface area contributed by atoms with Crippen LogP contribution in [0, 0.1) is 24.0 Å². The summed E-state index contributed by atoms with van der Waals surface area (Å²) in [7, 11) is 0. The van der Waals surface area contributed by atoms with E-state index >= 15 is 0 Å². The minimum absolute atomic E-state index is 0.0409. The van der Waals surface area contributed by atoms with Gasteiger partial charge in [-0.1, -0.05) is 11.6 Å². The number of aromatic nitrogens is 1. The Bertz CT molecular complexity index is 675. The van der Waals surface area contributed by atoms with E-state index in [9.17, 15) is 14.9 Å². The van der Waals surface area contributed by atoms with Gasteiger partial charge in [0, 0.05) is 23.5 Å². The first kappa shape index (κ1) is 14.1. The molecule has 0 saturated carbocycles. The zero-order valence-corrected chi connectivity index (χ0v) is 11.6. The van der Waals surface area contributed by atoms with E-state index in [-0.39, 0.29) is 16.3 Å². The maximum atomic E-state index is 12.1. The number of hydrogen-bond donors (Lipinski definition) is 1. The van der Waals surface area contributed by atoms with Gasteiger partial charge in [-0.2, -0.15) is 0 Å². The Labute approximate surface area is 120 Å². The zero-order valence-electron chi connectivity index (χ0n) is 10.9. The summed E-state index contributed by atoms with van der Waals surface area (Å²) < 4.78 is 1.63. The smallest absolute Gasteiger partial charge is 0.267 e. The third-order valence-electron chi connectivity index (χ3n) is 2.89. The SMILES string of the molecule is Cc1ccc(C)n1NC(=O)c1ccc([N+](=O)[O-])cc1Cl. The molecule has 0 bridgehead atoms. The summed E-state index contributed by atoms with van der Waals surface area (Å²) in [4.78, 5) is 22.2. The number of amides is 1. The predicted molar refractivity (Wildman–Crippen MR) is 75.7 cm³/mol. The van der Waals surface area contributed by atoms with Gasteiger partial charge >= 0.3 is 0 Å². The highest BCUT2D eigenvalue weighted by Gasteiger charge is 2.15. The van der Waals surface area contributed by atoms with E-state index in [1.807, 2.05) is 26.0 Å². The molecule has 0 aliphatic carbocycles. The Kier molecular flexibility index (Phi) is 3.76. The number of aryl methyl sites for hydroxylation is 2. The molecule has 0 fully saturated rings. The van der Waals surface area contributed by atoms with Crippen LogP contribution in [0.2, 0.25) is 5.02 Å². The number of carbonyl (C=O) groups is 1. The minimum atomic E-state index is -0.562. The summed E-state index contributed by atoms with van der Waals surface area (Å²) in [6, 6.07) is 7.48. The van der Waals surface area contributed by atoms with Gasteiger partial charge in [-0.3, -0.25) is 25.0 Å². The summed E-state index contributed by atoms with van der Waals surface area (Å²) in [6.45, 7) is 3.70. The highest BCUT2D eigenvalue weighted by atomic mass is 35.5. The maximum Gasteiger partial charge on any atom is 0.271 e. The average molecular weight is 294 g/mol. The topological polar surface area (TPSA) is 77.2 Å². The van der Waals surface area contributed by atoms with Crippen molar-refractivity contribution in [2.75, 3.05) is 5.43 Å². The fourth-order valence-corrected chi connectivity index (χ4v) is 2.07. The largest absolute Gasteiger partial charge is 0.271 e. The fraction of sp³-hybridized carbons (Fsp3) is 0.154. The second-order valence-electron chi connectivity index (χ2n) is 4.31. The van der Waals surface area contributed by atoms with E-state index in [1.54, 1.807) is 4.68 Å². The molecule has 1 aromatic carbocycles. The van der Waals surface area contributed by atoms with Gasteiger partial charge in [-0.15, -0.1) is 0 Å². The molecule has 0 spiro atoms. The van der Waals surface area contributed by atoms with Gasteiger partial charge < -0.3 is 0 Å². The fourth-order valence-electron chi connectivity index (χ4n) is 1.81. The lowest BCUT2D eigenvalue weighted by molar-refractivity contribution is -0.384. The van der Waals surface area contributed by atoms with Crippen LogP contribution in [0.1, 0.15) is 21.7 Å². The number of nitrogens with zero attached hydrogens (tertiary/aromatic N) is 2. The Hall–Kier alpha value is -2.34. The van der Waals surface area contributed by atoms with Crippen molar-refractivity contribution < 1.29 is 9.72 Å². The zero-order chi connectivity index (χ0) is 14.9. The Morgan fingerprint density at radius 2 is 1.85 bits per heavy atom. The van der Waals surface area contributed by atoms with Crippen LogP contribution >= 0.6 is 11.6 Å². The van der Waals surface area contributed by atoms with Crippen LogP contribution in [0.15, 0.2) is 30.3 Å². The molecule has 0 aliphatic rings. The number of carbonyl (C=O) groups excluding carboxylic acids is 1. The van der Waals surface area contributed by atoms with Crippen LogP contribution in [0.3, 0.4) is 0 Å². The van der Waals surface area contributed by atoms with Crippen molar-refractivity contribution in [1.82, 2.24) is 4.68 Å². The summed E-state index contributed by atoms with van der Waals surface area (Å²) in [5, 5.41) is 10.7. The molecule has 1 N–H and O–H groups in total. The highest BCUT2D eigenvalue weighted by molar-refractivity contribution is 6.34. The lowest BCUT2D eigenvalue weighted by Crippen LogP contribution is -2.24. The van der Waals surface area contributed by atoms with Crippen molar-refractivity contribution in [1.29, 1.82) is 0 Å². The van der Waals surface area contributed by atoms with Crippen LogP contribution in [-0.4, -0.2) is 15.5 Å². The number of benzene rings is 1. The van der Waals surface area contributed by atoms with Gasteiger partial charge in [0.15, 0.2) is 0 Å². The molecule has 2 aromatic rings. The second-order valence-corrected chi connectivity index (χ2v) is 4.72. The molecular formula is C13H12ClN3O3. The van der Waals surface area contributed by atoms with Crippen LogP contribution in [0.25, 0.3) is 0 Å². The number of halogens is 1. The standard InChI is InChI=1S/C13H12ClN3O3/c1-8-3-4-9(2)16(8)15-13(18)11-6-5-10(17(19)20)7-12(11)14/h3-7H,1-2H3,(H,15,18). The van der Waals surface area contributed by atoms with Gasteiger partial charge in [0.05, 0.1) is 15.5 Å². The lowest BCUT2D eigenvalue weighted by atomic mass is 10.2. The molecule has 7 heteroatoms. The van der Waals surface area contributed by atoms with Gasteiger partial charge in [0.1, 0.15) is 0 Å². The molecule has 20 heavy (non-hydrogen) atoms. The molecule has 0 saturated heterocycles. The summed E-state index contributed by atoms with van der Waals surface area (Å²) >= 11 is 5.91. The van der Waals surface area contributed by atoms with Crippen molar-refractivity contribution in [3.63, 3.8) is 0 Å². The van der Waals surface area contributed by atoms with Gasteiger partial charge in [0.2, 0.25) is 0 Å². The van der Waals surface area contributed by atoms with Crippen molar-refractivity contribution in [2.45, 2.75) is 13.8 Å². The second kappa shape index (κ2) is 5.34. The van der Waals surface area contributed by atoms with E-state index in [1.165, 1.54) is 12.1 Å². The van der Waals surface area contributed by atoms with Crippen molar-refractivity contribution >= 4 is 23.2 Å². The predicted octanol–water partition coefficient (Wildman–Crippen LogP) is 3.05. The Balaban J connectivity index is 2.28. The number of hydrogen-bond acceptors (Lipinski definition) is 3. The summed E-state index contributed by atoms with van der Waals surface area (Å²) in [5.41, 5.74) is 4.46. The number of nitrogens with one attached hydrogen (secondary N) is 1. The van der Waals surface area contributed by atoms with Gasteiger partial charge in [0.25, 0.3) is 11.6 Å². The first-order valence-electron chi connectivity index (χ1n) is 5.80. The third kappa shape index (κ3) is 2.65. The van der Waals surface area contributed by atoms with E-state index in [0.717, 1.165) is 17.5 Å². The first-order chi connectivity index (χ1) is 9.40. The Morgan fingerprint density at radius 1 is 1.25 bits per heavy atom. The Morgan fingerprint density at radius 3 is 2.35 bits per heavy atom. The summed E-state index contributed by atoms with van der Waals surface area (Å²) in [6.07, 6.45) is 0. The van der Waals surface area contributed by atoms with E-state index in [0.29, 0.717) is 0 Å². The van der Waals surface area contributed by atoms with Crippen LogP contribution < -0.4 is 5.43 Å². The van der Waals surface area contributed by atoms with Crippen molar-refractivity contribution in [2.24, 2.45) is 0 Å². The molecule has 0 atom stereocenters. The quantitative estimate of drug-likeness (QED) is 0.698. The molecule has 0 radical (unpaired) electrons. The molecule has 1 aromatic heterocycles. The molecule has 0 aliphatic heterocycles. The number of nitro groups is 1. The molecule has 104 valence electrons. The molecule has 6 nitrogen and oxygen atoms in total. The number of nitro benzene ring substituents is 1. The molecular weight excluding hydrogens is 282 g/mol. The molecule has 2 rings (SSSR count). The first-order valence-corrected chi connectivity index (χ1v) is 6.18. The van der Waals surface area contributed by atoms with Crippen LogP contribution in [0.4, 0.5) is 5.69 Å². The van der Waals surface area contributed by atoms with E-state index in [4.69, 9.17) is 11.6 Å². The molecule has 0 unspecified atom stereocenters. The number of non-ortho nitro benzene ring substituents is 1. The van der Waals surface area contributed by atoms with Crippen LogP contribution in [-0.2, 0) is 0 Å².